The molecule has 0 amide bonds. The molecule has 0 radical (unpaired) electrons. The van der Waals surface area contributed by atoms with Crippen LogP contribution in [0.2, 0.25) is 0 Å². The monoisotopic (exact) mass is 328 g/mol. The van der Waals surface area contributed by atoms with Gasteiger partial charge in [0.1, 0.15) is 0 Å². The fourth-order valence-electron chi connectivity index (χ4n) is 3.42. The van der Waals surface area contributed by atoms with Gasteiger partial charge in [0.15, 0.2) is 5.78 Å². The summed E-state index contributed by atoms with van der Waals surface area (Å²) in [5.74, 6) is -0.984. The lowest BCUT2D eigenvalue weighted by molar-refractivity contribution is -0.141. The minimum absolute atomic E-state index is 0.0588. The topological polar surface area (TPSA) is 54.4 Å². The summed E-state index contributed by atoms with van der Waals surface area (Å²) < 4.78 is 0. The highest BCUT2D eigenvalue weighted by molar-refractivity contribution is 6.01. The van der Waals surface area contributed by atoms with E-state index in [1.54, 1.807) is 6.08 Å². The molecular weight excluding hydrogens is 300 g/mol. The standard InChI is InChI=1S/C21H28O3/c1-5-7-18(17(6-2)21(23)24)20(22)12-19-13(3)10-16(11-14(19)4)15-8-9-15/h7,10-11,15,17H,5-6,8-9,12H2,1-4H3,(H,23,24). The number of carboxylic acid groups (broad SMARTS) is 1. The van der Waals surface area contributed by atoms with Gasteiger partial charge in [-0.3, -0.25) is 9.59 Å². The van der Waals surface area contributed by atoms with Crippen molar-refractivity contribution in [3.05, 3.63) is 46.0 Å². The molecule has 0 aliphatic heterocycles. The quantitative estimate of drug-likeness (QED) is 0.701. The Morgan fingerprint density at radius 1 is 1.21 bits per heavy atom. The Hall–Kier alpha value is -1.90. The number of hydrogen-bond acceptors (Lipinski definition) is 2. The van der Waals surface area contributed by atoms with Crippen molar-refractivity contribution < 1.29 is 14.7 Å². The number of allylic oxidation sites excluding steroid dienone is 1. The molecular formula is C21H28O3. The molecule has 24 heavy (non-hydrogen) atoms. The third kappa shape index (κ3) is 4.14. The van der Waals surface area contributed by atoms with E-state index >= 15 is 0 Å². The first-order valence-corrected chi connectivity index (χ1v) is 8.95. The number of carbonyl (C=O) groups excluding carboxylic acids is 1. The van der Waals surface area contributed by atoms with Gasteiger partial charge >= 0.3 is 5.97 Å². The van der Waals surface area contributed by atoms with E-state index in [9.17, 15) is 14.7 Å². The van der Waals surface area contributed by atoms with Crippen LogP contribution in [0.15, 0.2) is 23.8 Å². The third-order valence-corrected chi connectivity index (χ3v) is 4.93. The minimum Gasteiger partial charge on any atom is -0.481 e. The van der Waals surface area contributed by atoms with Crippen molar-refractivity contribution in [3.63, 3.8) is 0 Å². The first-order valence-electron chi connectivity index (χ1n) is 8.95. The maximum Gasteiger partial charge on any atom is 0.311 e. The Kier molecular flexibility index (Phi) is 5.98. The number of carboxylic acids is 1. The highest BCUT2D eigenvalue weighted by Crippen LogP contribution is 2.41. The largest absolute Gasteiger partial charge is 0.481 e. The van der Waals surface area contributed by atoms with Crippen LogP contribution in [-0.4, -0.2) is 16.9 Å². The van der Waals surface area contributed by atoms with Crippen LogP contribution in [0.3, 0.4) is 0 Å². The van der Waals surface area contributed by atoms with Crippen LogP contribution < -0.4 is 0 Å². The zero-order valence-electron chi connectivity index (χ0n) is 15.2. The molecule has 1 aliphatic rings. The molecule has 1 fully saturated rings. The van der Waals surface area contributed by atoms with Gasteiger partial charge in [0.05, 0.1) is 5.92 Å². The van der Waals surface area contributed by atoms with Crippen LogP contribution >= 0.6 is 0 Å². The molecule has 1 N–H and O–H groups in total. The predicted molar refractivity (Wildman–Crippen MR) is 96.4 cm³/mol. The SMILES string of the molecule is CCC=C(C(=O)Cc1c(C)cc(C2CC2)cc1C)C(CC)C(=O)O. The van der Waals surface area contributed by atoms with Crippen LogP contribution in [-0.2, 0) is 16.0 Å². The normalized spacial score (nSPS) is 16.1. The minimum atomic E-state index is -0.914. The molecule has 0 spiro atoms. The second-order valence-electron chi connectivity index (χ2n) is 6.87. The van der Waals surface area contributed by atoms with Crippen molar-refractivity contribution in [3.8, 4) is 0 Å². The average molecular weight is 328 g/mol. The summed E-state index contributed by atoms with van der Waals surface area (Å²) in [6, 6.07) is 4.40. The molecule has 1 atom stereocenters. The second-order valence-corrected chi connectivity index (χ2v) is 6.87. The highest BCUT2D eigenvalue weighted by Gasteiger charge is 2.27. The molecule has 0 aromatic heterocycles. The molecule has 1 aromatic rings. The zero-order valence-corrected chi connectivity index (χ0v) is 15.2. The average Bonchev–Trinajstić information content (AvgIpc) is 3.34. The number of Topliss-reactive ketones (excluding diaryl/α,β-unsaturated/α-hetero) is 1. The van der Waals surface area contributed by atoms with Gasteiger partial charge < -0.3 is 5.11 Å². The van der Waals surface area contributed by atoms with Crippen molar-refractivity contribution in [2.45, 2.75) is 65.7 Å². The Morgan fingerprint density at radius 2 is 1.79 bits per heavy atom. The highest BCUT2D eigenvalue weighted by atomic mass is 16.4. The fraction of sp³-hybridized carbons (Fsp3) is 0.524. The van der Waals surface area contributed by atoms with Crippen molar-refractivity contribution in [1.29, 1.82) is 0 Å². The van der Waals surface area contributed by atoms with Crippen molar-refractivity contribution in [2.75, 3.05) is 0 Å². The van der Waals surface area contributed by atoms with Crippen LogP contribution in [0.25, 0.3) is 0 Å². The number of rotatable bonds is 8. The van der Waals surface area contributed by atoms with Gasteiger partial charge in [-0.05, 0) is 67.7 Å². The maximum atomic E-state index is 12.8. The summed E-state index contributed by atoms with van der Waals surface area (Å²) in [7, 11) is 0. The molecule has 3 heteroatoms. The summed E-state index contributed by atoms with van der Waals surface area (Å²) in [5.41, 5.74) is 5.17. The van der Waals surface area contributed by atoms with Gasteiger partial charge in [-0.25, -0.2) is 0 Å². The molecule has 3 nitrogen and oxygen atoms in total. The van der Waals surface area contributed by atoms with Crippen molar-refractivity contribution >= 4 is 11.8 Å². The molecule has 1 aliphatic carbocycles. The van der Waals surface area contributed by atoms with Crippen LogP contribution in [0.1, 0.15) is 67.7 Å². The number of aliphatic carboxylic acids is 1. The molecule has 1 unspecified atom stereocenters. The smallest absolute Gasteiger partial charge is 0.311 e. The number of carbonyl (C=O) groups is 2. The lowest BCUT2D eigenvalue weighted by Gasteiger charge is -2.16. The number of benzene rings is 1. The Labute approximate surface area is 144 Å². The molecule has 1 aromatic carbocycles. The van der Waals surface area contributed by atoms with E-state index < -0.39 is 11.9 Å². The van der Waals surface area contributed by atoms with Gasteiger partial charge in [0.2, 0.25) is 0 Å². The molecule has 130 valence electrons. The van der Waals surface area contributed by atoms with Gasteiger partial charge in [-0.1, -0.05) is 32.1 Å². The maximum absolute atomic E-state index is 12.8. The van der Waals surface area contributed by atoms with Crippen molar-refractivity contribution in [2.24, 2.45) is 5.92 Å². The Morgan fingerprint density at radius 3 is 2.21 bits per heavy atom. The van der Waals surface area contributed by atoms with Gasteiger partial charge in [-0.15, -0.1) is 0 Å². The second kappa shape index (κ2) is 7.78. The lowest BCUT2D eigenvalue weighted by atomic mass is 9.87. The van der Waals surface area contributed by atoms with E-state index in [1.165, 1.54) is 18.4 Å². The summed E-state index contributed by atoms with van der Waals surface area (Å²) in [4.78, 5) is 24.3. The van der Waals surface area contributed by atoms with Crippen molar-refractivity contribution in [1.82, 2.24) is 0 Å². The summed E-state index contributed by atoms with van der Waals surface area (Å²) in [6.07, 6.45) is 5.70. The predicted octanol–water partition coefficient (Wildman–Crippen LogP) is 4.74. The van der Waals surface area contributed by atoms with Crippen LogP contribution in [0.5, 0.6) is 0 Å². The zero-order chi connectivity index (χ0) is 17.9. The summed E-state index contributed by atoms with van der Waals surface area (Å²) in [5, 5.41) is 9.41. The lowest BCUT2D eigenvalue weighted by Crippen LogP contribution is -2.22. The van der Waals surface area contributed by atoms with Gasteiger partial charge in [0, 0.05) is 12.0 Å². The molecule has 1 saturated carbocycles. The molecule has 0 bridgehead atoms. The van der Waals surface area contributed by atoms with E-state index in [1.807, 2.05) is 13.8 Å². The van der Waals surface area contributed by atoms with E-state index in [-0.39, 0.29) is 12.2 Å². The van der Waals surface area contributed by atoms with Crippen LogP contribution in [0.4, 0.5) is 0 Å². The Balaban J connectivity index is 2.26. The van der Waals surface area contributed by atoms with Gasteiger partial charge in [-0.2, -0.15) is 0 Å². The molecule has 0 saturated heterocycles. The Bertz CT molecular complexity index is 643. The van der Waals surface area contributed by atoms with E-state index in [0.717, 1.165) is 16.7 Å². The van der Waals surface area contributed by atoms with E-state index in [4.69, 9.17) is 0 Å². The third-order valence-electron chi connectivity index (χ3n) is 4.93. The van der Waals surface area contributed by atoms with E-state index in [2.05, 4.69) is 26.0 Å². The molecule has 2 rings (SSSR count). The number of hydrogen-bond donors (Lipinski definition) is 1. The number of aryl methyl sites for hydroxylation is 2. The molecule has 0 heterocycles. The summed E-state index contributed by atoms with van der Waals surface area (Å²) in [6.45, 7) is 7.86. The fourth-order valence-corrected chi connectivity index (χ4v) is 3.42. The first-order chi connectivity index (χ1) is 11.4. The van der Waals surface area contributed by atoms with Gasteiger partial charge in [0.25, 0.3) is 0 Å². The number of ketones is 1. The van der Waals surface area contributed by atoms with E-state index in [0.29, 0.717) is 24.3 Å². The first kappa shape index (κ1) is 18.4. The summed E-state index contributed by atoms with van der Waals surface area (Å²) >= 11 is 0. The van der Waals surface area contributed by atoms with Crippen LogP contribution in [0, 0.1) is 19.8 Å².